The van der Waals surface area contributed by atoms with Crippen molar-refractivity contribution in [2.45, 2.75) is 13.3 Å². The number of nitrogens with two attached hydrogens (primary N) is 1. The van der Waals surface area contributed by atoms with E-state index in [0.29, 0.717) is 5.82 Å². The first-order chi connectivity index (χ1) is 10.1. The summed E-state index contributed by atoms with van der Waals surface area (Å²) in [5.74, 6) is 0.536. The number of aromatic nitrogens is 4. The number of nitrogens with one attached hydrogen (secondary N) is 1. The zero-order valence-corrected chi connectivity index (χ0v) is 13.5. The van der Waals surface area contributed by atoms with Gasteiger partial charge in [-0.05, 0) is 30.4 Å². The third-order valence-electron chi connectivity index (χ3n) is 3.05. The third-order valence-corrected chi connectivity index (χ3v) is 4.64. The fraction of sp³-hybridized carbons (Fsp3) is 0.308. The average molecular weight is 320 g/mol. The van der Waals surface area contributed by atoms with Gasteiger partial charge in [0.05, 0.1) is 22.5 Å². The van der Waals surface area contributed by atoms with Crippen LogP contribution in [0.1, 0.15) is 10.6 Å². The SMILES string of the molecule is Cc1nc(-c2c(N)nsc2NCCc2cnn(C)c2)cs1. The molecule has 0 aliphatic rings. The lowest BCUT2D eigenvalue weighted by Gasteiger charge is -2.04. The first kappa shape index (κ1) is 14.0. The van der Waals surface area contributed by atoms with Gasteiger partial charge in [0.15, 0.2) is 0 Å². The highest BCUT2D eigenvalue weighted by Crippen LogP contribution is 2.36. The van der Waals surface area contributed by atoms with Crippen LogP contribution in [-0.4, -0.2) is 25.7 Å². The van der Waals surface area contributed by atoms with Crippen molar-refractivity contribution in [1.82, 2.24) is 19.1 Å². The monoisotopic (exact) mass is 320 g/mol. The van der Waals surface area contributed by atoms with Crippen LogP contribution >= 0.6 is 22.9 Å². The smallest absolute Gasteiger partial charge is 0.148 e. The molecule has 8 heteroatoms. The topological polar surface area (TPSA) is 81.7 Å². The summed E-state index contributed by atoms with van der Waals surface area (Å²) in [5.41, 5.74) is 8.99. The minimum absolute atomic E-state index is 0.536. The first-order valence-corrected chi connectivity index (χ1v) is 8.18. The number of thiazole rings is 1. The van der Waals surface area contributed by atoms with Crippen LogP contribution in [0, 0.1) is 6.92 Å². The fourth-order valence-electron chi connectivity index (χ4n) is 2.07. The summed E-state index contributed by atoms with van der Waals surface area (Å²) in [6.45, 7) is 2.79. The maximum atomic E-state index is 5.98. The zero-order chi connectivity index (χ0) is 14.8. The molecule has 0 radical (unpaired) electrons. The van der Waals surface area contributed by atoms with Crippen LogP contribution < -0.4 is 11.1 Å². The quantitative estimate of drug-likeness (QED) is 0.755. The van der Waals surface area contributed by atoms with Crippen molar-refractivity contribution < 1.29 is 0 Å². The number of nitrogen functional groups attached to an aromatic ring is 1. The molecular formula is C13H16N6S2. The molecule has 3 rings (SSSR count). The third kappa shape index (κ3) is 3.06. The number of hydrogen-bond acceptors (Lipinski definition) is 7. The Kier molecular flexibility index (Phi) is 3.89. The average Bonchev–Trinajstić information content (AvgIpc) is 3.12. The second-order valence-corrected chi connectivity index (χ2v) is 6.56. The van der Waals surface area contributed by atoms with E-state index in [-0.39, 0.29) is 0 Å². The molecule has 3 N–H and O–H groups in total. The number of anilines is 2. The molecule has 3 aromatic heterocycles. The minimum Gasteiger partial charge on any atom is -0.382 e. The van der Waals surface area contributed by atoms with Gasteiger partial charge in [0.2, 0.25) is 0 Å². The summed E-state index contributed by atoms with van der Waals surface area (Å²) in [5, 5.41) is 11.6. The molecule has 0 bridgehead atoms. The highest BCUT2D eigenvalue weighted by atomic mass is 32.1. The molecule has 0 aliphatic carbocycles. The van der Waals surface area contributed by atoms with Crippen molar-refractivity contribution in [1.29, 1.82) is 0 Å². The van der Waals surface area contributed by atoms with Crippen molar-refractivity contribution in [3.8, 4) is 11.3 Å². The standard InChI is InChI=1S/C13H16N6S2/c1-8-17-10(7-20-8)11-12(14)18-21-13(11)15-4-3-9-5-16-19(2)6-9/h5-7,15H,3-4H2,1-2H3,(H2,14,18). The van der Waals surface area contributed by atoms with Gasteiger partial charge in [-0.25, -0.2) is 4.98 Å². The van der Waals surface area contributed by atoms with Gasteiger partial charge in [0, 0.05) is 25.2 Å². The second-order valence-electron chi connectivity index (χ2n) is 4.72. The normalized spacial score (nSPS) is 11.0. The van der Waals surface area contributed by atoms with Crippen LogP contribution in [0.4, 0.5) is 10.8 Å². The van der Waals surface area contributed by atoms with E-state index in [1.165, 1.54) is 17.1 Å². The van der Waals surface area contributed by atoms with Gasteiger partial charge in [-0.3, -0.25) is 4.68 Å². The van der Waals surface area contributed by atoms with Crippen LogP contribution in [0.5, 0.6) is 0 Å². The Labute approximate surface area is 130 Å². The van der Waals surface area contributed by atoms with Crippen LogP contribution in [-0.2, 0) is 13.5 Å². The molecule has 0 aromatic carbocycles. The lowest BCUT2D eigenvalue weighted by atomic mass is 10.2. The highest BCUT2D eigenvalue weighted by Gasteiger charge is 2.15. The molecule has 6 nitrogen and oxygen atoms in total. The molecule has 0 saturated carbocycles. The van der Waals surface area contributed by atoms with Gasteiger partial charge < -0.3 is 11.1 Å². The van der Waals surface area contributed by atoms with E-state index in [1.807, 2.05) is 36.4 Å². The largest absolute Gasteiger partial charge is 0.382 e. The highest BCUT2D eigenvalue weighted by molar-refractivity contribution is 7.11. The van der Waals surface area contributed by atoms with E-state index in [2.05, 4.69) is 19.8 Å². The molecule has 21 heavy (non-hydrogen) atoms. The summed E-state index contributed by atoms with van der Waals surface area (Å²) in [6.07, 6.45) is 4.81. The van der Waals surface area contributed by atoms with E-state index in [1.54, 1.807) is 11.3 Å². The summed E-state index contributed by atoms with van der Waals surface area (Å²) in [4.78, 5) is 4.50. The molecule has 110 valence electrons. The van der Waals surface area contributed by atoms with Crippen molar-refractivity contribution in [3.05, 3.63) is 28.3 Å². The lowest BCUT2D eigenvalue weighted by Crippen LogP contribution is -2.04. The minimum atomic E-state index is 0.536. The Balaban J connectivity index is 1.71. The van der Waals surface area contributed by atoms with Gasteiger partial charge >= 0.3 is 0 Å². The van der Waals surface area contributed by atoms with Gasteiger partial charge in [0.1, 0.15) is 10.8 Å². The van der Waals surface area contributed by atoms with E-state index in [4.69, 9.17) is 5.73 Å². The summed E-state index contributed by atoms with van der Waals surface area (Å²) in [7, 11) is 1.92. The Morgan fingerprint density at radius 2 is 2.29 bits per heavy atom. The van der Waals surface area contributed by atoms with Crippen molar-refractivity contribution in [3.63, 3.8) is 0 Å². The number of hydrogen-bond donors (Lipinski definition) is 2. The lowest BCUT2D eigenvalue weighted by molar-refractivity contribution is 0.767. The molecule has 0 aliphatic heterocycles. The second kappa shape index (κ2) is 5.82. The molecular weight excluding hydrogens is 304 g/mol. The molecule has 0 unspecified atom stereocenters. The predicted molar refractivity (Wildman–Crippen MR) is 87.8 cm³/mol. The maximum Gasteiger partial charge on any atom is 0.148 e. The fourth-order valence-corrected chi connectivity index (χ4v) is 3.42. The predicted octanol–water partition coefficient (Wildman–Crippen LogP) is 2.55. The molecule has 0 amide bonds. The van der Waals surface area contributed by atoms with Crippen LogP contribution in [0.3, 0.4) is 0 Å². The number of aryl methyl sites for hydroxylation is 2. The van der Waals surface area contributed by atoms with Crippen LogP contribution in [0.15, 0.2) is 17.8 Å². The van der Waals surface area contributed by atoms with E-state index in [0.717, 1.165) is 34.2 Å². The van der Waals surface area contributed by atoms with Gasteiger partial charge in [0.25, 0.3) is 0 Å². The van der Waals surface area contributed by atoms with E-state index >= 15 is 0 Å². The van der Waals surface area contributed by atoms with Crippen LogP contribution in [0.25, 0.3) is 11.3 Å². The Morgan fingerprint density at radius 3 is 2.95 bits per heavy atom. The van der Waals surface area contributed by atoms with Gasteiger partial charge in [-0.15, -0.1) is 11.3 Å². The van der Waals surface area contributed by atoms with Crippen molar-refractivity contribution >= 4 is 33.7 Å². The molecule has 3 aromatic rings. The number of nitrogens with zero attached hydrogens (tertiary/aromatic N) is 4. The van der Waals surface area contributed by atoms with E-state index < -0.39 is 0 Å². The zero-order valence-electron chi connectivity index (χ0n) is 11.8. The number of rotatable bonds is 5. The van der Waals surface area contributed by atoms with Gasteiger partial charge in [-0.1, -0.05) is 0 Å². The summed E-state index contributed by atoms with van der Waals surface area (Å²) >= 11 is 2.99. The molecule has 0 fully saturated rings. The first-order valence-electron chi connectivity index (χ1n) is 6.52. The Bertz CT molecular complexity index is 742. The molecule has 0 atom stereocenters. The molecule has 0 spiro atoms. The Hall–Kier alpha value is -1.93. The van der Waals surface area contributed by atoms with Crippen LogP contribution in [0.2, 0.25) is 0 Å². The molecule has 3 heterocycles. The maximum absolute atomic E-state index is 5.98. The van der Waals surface area contributed by atoms with Gasteiger partial charge in [-0.2, -0.15) is 9.47 Å². The van der Waals surface area contributed by atoms with Crippen molar-refractivity contribution in [2.24, 2.45) is 7.05 Å². The molecule has 0 saturated heterocycles. The summed E-state index contributed by atoms with van der Waals surface area (Å²) < 4.78 is 6.05. The van der Waals surface area contributed by atoms with E-state index in [9.17, 15) is 0 Å². The summed E-state index contributed by atoms with van der Waals surface area (Å²) in [6, 6.07) is 0. The Morgan fingerprint density at radius 1 is 1.43 bits per heavy atom. The van der Waals surface area contributed by atoms with Crippen molar-refractivity contribution in [2.75, 3.05) is 17.6 Å².